The van der Waals surface area contributed by atoms with Gasteiger partial charge in [0, 0.05) is 17.1 Å². The van der Waals surface area contributed by atoms with Gasteiger partial charge in [-0.15, -0.1) is 35.3 Å². The van der Waals surface area contributed by atoms with Gasteiger partial charge in [-0.2, -0.15) is 0 Å². The summed E-state index contributed by atoms with van der Waals surface area (Å²) in [4.78, 5) is 16.7. The van der Waals surface area contributed by atoms with E-state index in [2.05, 4.69) is 25.7 Å². The number of benzene rings is 1. The van der Waals surface area contributed by atoms with Crippen LogP contribution >= 0.6 is 35.3 Å². The highest BCUT2D eigenvalue weighted by molar-refractivity contribution is 14.0. The molecule has 1 atom stereocenters. The number of halogens is 1. The summed E-state index contributed by atoms with van der Waals surface area (Å²) in [5.74, 6) is 0.631. The van der Waals surface area contributed by atoms with Gasteiger partial charge in [0.2, 0.25) is 0 Å². The van der Waals surface area contributed by atoms with E-state index in [1.807, 2.05) is 36.6 Å². The molecular weight excluding hydrogens is 491 g/mol. The zero-order chi connectivity index (χ0) is 19.7. The molecule has 28 heavy (non-hydrogen) atoms. The summed E-state index contributed by atoms with van der Waals surface area (Å²) in [6, 6.07) is 11.2. The summed E-state index contributed by atoms with van der Waals surface area (Å²) < 4.78 is 4.56. The molecule has 1 unspecified atom stereocenters. The number of carbonyl (C=O) groups excluding carboxylic acids is 1. The Morgan fingerprint density at radius 2 is 1.96 bits per heavy atom. The highest BCUT2D eigenvalue weighted by Gasteiger charge is 2.24. The number of hydrogen-bond donors (Lipinski definition) is 4. The monoisotopic (exact) mass is 518 g/mol. The molecule has 0 aliphatic heterocycles. The molecule has 2 aromatic rings. The maximum Gasteiger partial charge on any atom is 0.411 e. The van der Waals surface area contributed by atoms with E-state index >= 15 is 0 Å². The second-order valence-corrected chi connectivity index (χ2v) is 7.06. The van der Waals surface area contributed by atoms with Crippen molar-refractivity contribution in [2.45, 2.75) is 26.0 Å². The lowest BCUT2D eigenvalue weighted by molar-refractivity contribution is 0.0655. The largest absolute Gasteiger partial charge is 0.453 e. The molecule has 0 radical (unpaired) electrons. The van der Waals surface area contributed by atoms with Crippen molar-refractivity contribution in [3.63, 3.8) is 0 Å². The van der Waals surface area contributed by atoms with Crippen LogP contribution in [0.4, 0.5) is 10.5 Å². The van der Waals surface area contributed by atoms with Crippen molar-refractivity contribution in [1.29, 1.82) is 0 Å². The van der Waals surface area contributed by atoms with Crippen LogP contribution in [-0.4, -0.2) is 37.4 Å². The van der Waals surface area contributed by atoms with Crippen LogP contribution in [0.2, 0.25) is 0 Å². The van der Waals surface area contributed by atoms with Gasteiger partial charge in [0.1, 0.15) is 5.60 Å². The normalized spacial score (nSPS) is 13.1. The molecule has 2 rings (SSSR count). The van der Waals surface area contributed by atoms with Crippen molar-refractivity contribution >= 4 is 53.1 Å². The van der Waals surface area contributed by atoms with Crippen molar-refractivity contribution in [1.82, 2.24) is 10.6 Å². The number of hydrogen-bond acceptors (Lipinski definition) is 5. The average molecular weight is 518 g/mol. The van der Waals surface area contributed by atoms with Crippen LogP contribution in [0.15, 0.2) is 46.8 Å². The molecule has 1 aromatic heterocycles. The number of anilines is 1. The molecule has 0 saturated heterocycles. The first-order chi connectivity index (χ1) is 12.9. The lowest BCUT2D eigenvalue weighted by Gasteiger charge is -2.23. The Hall–Kier alpha value is -1.85. The minimum atomic E-state index is -0.967. The first kappa shape index (κ1) is 24.2. The van der Waals surface area contributed by atoms with E-state index < -0.39 is 11.7 Å². The van der Waals surface area contributed by atoms with Gasteiger partial charge < -0.3 is 20.5 Å². The summed E-state index contributed by atoms with van der Waals surface area (Å²) in [6.07, 6.45) is -0.503. The number of aliphatic imine (C=N–C) groups is 1. The van der Waals surface area contributed by atoms with Gasteiger partial charge in [-0.25, -0.2) is 9.79 Å². The van der Waals surface area contributed by atoms with Gasteiger partial charge in [0.25, 0.3) is 0 Å². The average Bonchev–Trinajstić information content (AvgIpc) is 3.21. The molecule has 0 aliphatic carbocycles. The molecular formula is C19H27IN4O3S. The van der Waals surface area contributed by atoms with E-state index in [1.165, 1.54) is 18.4 Å². The number of thiophene rings is 1. The quantitative estimate of drug-likeness (QED) is 0.256. The minimum absolute atomic E-state index is 0. The Kier molecular flexibility index (Phi) is 10.3. The van der Waals surface area contributed by atoms with Gasteiger partial charge in [0.05, 0.1) is 20.2 Å². The molecule has 7 nitrogen and oxygen atoms in total. The van der Waals surface area contributed by atoms with Gasteiger partial charge in [-0.1, -0.05) is 18.2 Å². The van der Waals surface area contributed by atoms with E-state index in [1.54, 1.807) is 19.1 Å². The number of guanidine groups is 1. The highest BCUT2D eigenvalue weighted by Crippen LogP contribution is 2.24. The number of aliphatic hydroxyl groups is 1. The molecule has 0 saturated carbocycles. The Morgan fingerprint density at radius 1 is 1.25 bits per heavy atom. The highest BCUT2D eigenvalue weighted by atomic mass is 127. The fraction of sp³-hybridized carbons (Fsp3) is 0.368. The summed E-state index contributed by atoms with van der Waals surface area (Å²) in [5, 5.41) is 21.5. The number of nitrogens with one attached hydrogen (secondary N) is 3. The molecule has 9 heteroatoms. The van der Waals surface area contributed by atoms with Crippen LogP contribution in [0.5, 0.6) is 0 Å². The molecule has 1 amide bonds. The molecule has 1 aromatic carbocycles. The standard InChI is InChI=1S/C19H26N4O3S.HI/c1-4-20-17(22-13-19(2,25)16-6-5-11-27-16)21-12-14-7-9-15(10-8-14)23-18(24)26-3;/h5-11,25H,4,12-13H2,1-3H3,(H,23,24)(H2,20,21,22);1H. The Balaban J connectivity index is 0.00000392. The number of nitrogens with zero attached hydrogens (tertiary/aromatic N) is 1. The maximum absolute atomic E-state index is 11.2. The first-order valence-electron chi connectivity index (χ1n) is 8.67. The third kappa shape index (κ3) is 7.64. The predicted molar refractivity (Wildman–Crippen MR) is 125 cm³/mol. The maximum atomic E-state index is 11.2. The van der Waals surface area contributed by atoms with Crippen molar-refractivity contribution in [2.75, 3.05) is 25.5 Å². The van der Waals surface area contributed by atoms with Gasteiger partial charge in [-0.05, 0) is 43.0 Å². The number of amides is 1. The van der Waals surface area contributed by atoms with Crippen LogP contribution in [-0.2, 0) is 16.9 Å². The molecule has 4 N–H and O–H groups in total. The molecule has 0 spiro atoms. The smallest absolute Gasteiger partial charge is 0.411 e. The van der Waals surface area contributed by atoms with Gasteiger partial charge in [0.15, 0.2) is 5.96 Å². The second kappa shape index (κ2) is 11.9. The Bertz CT molecular complexity index is 749. The fourth-order valence-electron chi connectivity index (χ4n) is 2.30. The second-order valence-electron chi connectivity index (χ2n) is 6.11. The van der Waals surface area contributed by atoms with Gasteiger partial charge >= 0.3 is 6.09 Å². The number of carbonyl (C=O) groups is 1. The molecule has 154 valence electrons. The van der Waals surface area contributed by atoms with Crippen LogP contribution in [0.1, 0.15) is 24.3 Å². The number of ether oxygens (including phenoxy) is 1. The minimum Gasteiger partial charge on any atom is -0.453 e. The lowest BCUT2D eigenvalue weighted by atomic mass is 10.1. The topological polar surface area (TPSA) is 95.0 Å². The zero-order valence-electron chi connectivity index (χ0n) is 16.2. The molecule has 0 aliphatic rings. The fourth-order valence-corrected chi connectivity index (χ4v) is 3.09. The number of methoxy groups -OCH3 is 1. The Labute approximate surface area is 186 Å². The summed E-state index contributed by atoms with van der Waals surface area (Å²) in [6.45, 7) is 5.30. The van der Waals surface area contributed by atoms with Crippen molar-refractivity contribution in [3.05, 3.63) is 52.2 Å². The van der Waals surface area contributed by atoms with Crippen LogP contribution in [0.25, 0.3) is 0 Å². The van der Waals surface area contributed by atoms with Crippen LogP contribution in [0.3, 0.4) is 0 Å². The van der Waals surface area contributed by atoms with Crippen LogP contribution in [0, 0.1) is 0 Å². The van der Waals surface area contributed by atoms with Crippen molar-refractivity contribution in [2.24, 2.45) is 4.99 Å². The van der Waals surface area contributed by atoms with Crippen LogP contribution < -0.4 is 16.0 Å². The number of rotatable bonds is 7. The summed E-state index contributed by atoms with van der Waals surface area (Å²) in [5.41, 5.74) is 0.685. The zero-order valence-corrected chi connectivity index (χ0v) is 19.3. The van der Waals surface area contributed by atoms with Crippen molar-refractivity contribution in [3.8, 4) is 0 Å². The first-order valence-corrected chi connectivity index (χ1v) is 9.55. The van der Waals surface area contributed by atoms with E-state index in [0.717, 1.165) is 17.0 Å². The molecule has 1 heterocycles. The molecule has 0 bridgehead atoms. The SMILES string of the molecule is CCNC(=NCc1ccc(NC(=O)OC)cc1)NCC(C)(O)c1cccs1.I. The lowest BCUT2D eigenvalue weighted by Crippen LogP contribution is -2.44. The van der Waals surface area contributed by atoms with E-state index in [4.69, 9.17) is 0 Å². The van der Waals surface area contributed by atoms with E-state index in [-0.39, 0.29) is 24.0 Å². The third-order valence-corrected chi connectivity index (χ3v) is 4.92. The predicted octanol–water partition coefficient (Wildman–Crippen LogP) is 3.51. The molecule has 0 fully saturated rings. The van der Waals surface area contributed by atoms with Gasteiger partial charge in [-0.3, -0.25) is 5.32 Å². The third-order valence-electron chi connectivity index (χ3n) is 3.80. The van der Waals surface area contributed by atoms with Crippen molar-refractivity contribution < 1.29 is 14.6 Å². The van der Waals surface area contributed by atoms with E-state index in [0.29, 0.717) is 24.7 Å². The summed E-state index contributed by atoms with van der Waals surface area (Å²) in [7, 11) is 1.32. The Morgan fingerprint density at radius 3 is 2.54 bits per heavy atom. The van der Waals surface area contributed by atoms with E-state index in [9.17, 15) is 9.90 Å². The summed E-state index contributed by atoms with van der Waals surface area (Å²) >= 11 is 1.52.